The van der Waals surface area contributed by atoms with Gasteiger partial charge in [-0.15, -0.1) is 24.0 Å². The Morgan fingerprint density at radius 2 is 1.92 bits per heavy atom. The molecule has 5 nitrogen and oxygen atoms in total. The molecule has 0 aromatic carbocycles. The number of rotatable bonds is 9. The van der Waals surface area contributed by atoms with Gasteiger partial charge in [-0.25, -0.2) is 0 Å². The van der Waals surface area contributed by atoms with E-state index in [2.05, 4.69) is 29.1 Å². The van der Waals surface area contributed by atoms with E-state index in [0.29, 0.717) is 5.92 Å². The van der Waals surface area contributed by atoms with E-state index in [1.165, 1.54) is 38.6 Å². The number of hydrogen-bond acceptors (Lipinski definition) is 3. The van der Waals surface area contributed by atoms with Crippen LogP contribution in [0, 0.1) is 11.8 Å². The summed E-state index contributed by atoms with van der Waals surface area (Å²) >= 11 is 0. The van der Waals surface area contributed by atoms with E-state index < -0.39 is 0 Å². The van der Waals surface area contributed by atoms with Gasteiger partial charge in [0, 0.05) is 51.8 Å². The molecular formula is C18H35IN4O. The van der Waals surface area contributed by atoms with E-state index in [0.717, 1.165) is 57.3 Å². The van der Waals surface area contributed by atoms with Crippen molar-refractivity contribution in [3.8, 4) is 0 Å². The van der Waals surface area contributed by atoms with E-state index in [-0.39, 0.29) is 24.0 Å². The second-order valence-corrected chi connectivity index (χ2v) is 7.52. The number of hydrogen-bond donors (Lipinski definition) is 1. The molecule has 1 aliphatic heterocycles. The highest BCUT2D eigenvalue weighted by molar-refractivity contribution is 14.0. The Labute approximate surface area is 164 Å². The van der Waals surface area contributed by atoms with Crippen LogP contribution in [0.15, 0.2) is 4.99 Å². The Morgan fingerprint density at radius 3 is 2.50 bits per heavy atom. The van der Waals surface area contributed by atoms with Crippen LogP contribution in [0.3, 0.4) is 0 Å². The van der Waals surface area contributed by atoms with E-state index >= 15 is 0 Å². The molecule has 1 unspecified atom stereocenters. The van der Waals surface area contributed by atoms with Crippen LogP contribution >= 0.6 is 24.0 Å². The SMILES string of the molecule is CCNC(=NCCN(CC1CC1)C1CC1)N(C)CC1CCOC1.I. The normalized spacial score (nSPS) is 24.1. The number of ether oxygens (including phenoxy) is 1. The molecule has 6 heteroatoms. The van der Waals surface area contributed by atoms with E-state index in [9.17, 15) is 0 Å². The van der Waals surface area contributed by atoms with Crippen molar-refractivity contribution < 1.29 is 4.74 Å². The molecule has 1 atom stereocenters. The molecule has 0 spiro atoms. The summed E-state index contributed by atoms with van der Waals surface area (Å²) in [4.78, 5) is 9.86. The molecule has 0 amide bonds. The summed E-state index contributed by atoms with van der Waals surface area (Å²) in [5, 5.41) is 3.44. The van der Waals surface area contributed by atoms with Crippen LogP contribution in [0.25, 0.3) is 0 Å². The van der Waals surface area contributed by atoms with Crippen molar-refractivity contribution >= 4 is 29.9 Å². The first-order chi connectivity index (χ1) is 11.3. The van der Waals surface area contributed by atoms with Gasteiger partial charge in [0.25, 0.3) is 0 Å². The summed E-state index contributed by atoms with van der Waals surface area (Å²) < 4.78 is 5.49. The summed E-state index contributed by atoms with van der Waals surface area (Å²) in [5.74, 6) is 2.70. The van der Waals surface area contributed by atoms with Crippen molar-refractivity contribution in [2.24, 2.45) is 16.8 Å². The zero-order valence-electron chi connectivity index (χ0n) is 15.4. The molecule has 0 radical (unpaired) electrons. The standard InChI is InChI=1S/C18H34N4O.HI/c1-3-19-18(21(2)12-16-8-11-23-14-16)20-9-10-22(17-6-7-17)13-15-4-5-15;/h15-17H,3-14H2,1-2H3,(H,19,20);1H. The Balaban J connectivity index is 0.00000208. The summed E-state index contributed by atoms with van der Waals surface area (Å²) in [6.07, 6.45) is 6.87. The molecule has 140 valence electrons. The van der Waals surface area contributed by atoms with Crippen molar-refractivity contribution in [2.75, 3.05) is 53.0 Å². The smallest absolute Gasteiger partial charge is 0.193 e. The average Bonchev–Trinajstić information content (AvgIpc) is 3.46. The molecule has 0 bridgehead atoms. The zero-order chi connectivity index (χ0) is 16.1. The Bertz CT molecular complexity index is 392. The number of guanidine groups is 1. The van der Waals surface area contributed by atoms with E-state index in [1.54, 1.807) is 0 Å². The Kier molecular flexibility index (Phi) is 8.57. The van der Waals surface area contributed by atoms with Gasteiger partial charge in [0.1, 0.15) is 0 Å². The van der Waals surface area contributed by atoms with E-state index in [1.807, 2.05) is 0 Å². The molecular weight excluding hydrogens is 415 g/mol. The van der Waals surface area contributed by atoms with Gasteiger partial charge >= 0.3 is 0 Å². The third-order valence-corrected chi connectivity index (χ3v) is 5.15. The van der Waals surface area contributed by atoms with Gasteiger partial charge in [0.15, 0.2) is 5.96 Å². The minimum Gasteiger partial charge on any atom is -0.381 e. The monoisotopic (exact) mass is 450 g/mol. The lowest BCUT2D eigenvalue weighted by atomic mass is 10.1. The second kappa shape index (κ2) is 10.2. The second-order valence-electron chi connectivity index (χ2n) is 7.52. The molecule has 1 heterocycles. The van der Waals surface area contributed by atoms with Crippen LogP contribution in [0.5, 0.6) is 0 Å². The van der Waals surface area contributed by atoms with Gasteiger partial charge in [-0.05, 0) is 44.9 Å². The highest BCUT2D eigenvalue weighted by atomic mass is 127. The van der Waals surface area contributed by atoms with Crippen molar-refractivity contribution in [3.05, 3.63) is 0 Å². The maximum atomic E-state index is 5.49. The van der Waals surface area contributed by atoms with Gasteiger partial charge in [0.05, 0.1) is 13.2 Å². The third-order valence-electron chi connectivity index (χ3n) is 5.15. The predicted molar refractivity (Wildman–Crippen MR) is 110 cm³/mol. The van der Waals surface area contributed by atoms with Crippen LogP contribution in [0.1, 0.15) is 39.0 Å². The first-order valence-corrected chi connectivity index (χ1v) is 9.57. The molecule has 0 aromatic rings. The quantitative estimate of drug-likeness (QED) is 0.333. The molecule has 0 aromatic heterocycles. The average molecular weight is 450 g/mol. The van der Waals surface area contributed by atoms with Crippen LogP contribution < -0.4 is 5.32 Å². The molecule has 1 N–H and O–H groups in total. The maximum absolute atomic E-state index is 5.49. The van der Waals surface area contributed by atoms with Crippen LogP contribution in [-0.2, 0) is 4.74 Å². The summed E-state index contributed by atoms with van der Waals surface area (Å²) in [6, 6.07) is 0.863. The maximum Gasteiger partial charge on any atom is 0.193 e. The van der Waals surface area contributed by atoms with Crippen molar-refractivity contribution in [1.29, 1.82) is 0 Å². The molecule has 1 saturated heterocycles. The lowest BCUT2D eigenvalue weighted by molar-refractivity contribution is 0.181. The third kappa shape index (κ3) is 6.67. The van der Waals surface area contributed by atoms with E-state index in [4.69, 9.17) is 9.73 Å². The zero-order valence-corrected chi connectivity index (χ0v) is 17.7. The molecule has 2 aliphatic carbocycles. The number of nitrogens with zero attached hydrogens (tertiary/aromatic N) is 3. The first-order valence-electron chi connectivity index (χ1n) is 9.57. The van der Waals surface area contributed by atoms with Gasteiger partial charge in [-0.1, -0.05) is 0 Å². The van der Waals surface area contributed by atoms with Gasteiger partial charge < -0.3 is 15.0 Å². The highest BCUT2D eigenvalue weighted by Crippen LogP contribution is 2.34. The van der Waals surface area contributed by atoms with Crippen molar-refractivity contribution in [2.45, 2.75) is 45.1 Å². The number of nitrogens with one attached hydrogen (secondary N) is 1. The van der Waals surface area contributed by atoms with Gasteiger partial charge in [-0.3, -0.25) is 9.89 Å². The molecule has 3 aliphatic rings. The Morgan fingerprint density at radius 1 is 1.12 bits per heavy atom. The first kappa shape index (κ1) is 20.2. The molecule has 2 saturated carbocycles. The molecule has 3 rings (SSSR count). The van der Waals surface area contributed by atoms with Crippen LogP contribution in [-0.4, -0.2) is 74.8 Å². The minimum absolute atomic E-state index is 0. The fourth-order valence-corrected chi connectivity index (χ4v) is 3.45. The lowest BCUT2D eigenvalue weighted by Crippen LogP contribution is -2.42. The fraction of sp³-hybridized carbons (Fsp3) is 0.944. The van der Waals surface area contributed by atoms with Gasteiger partial charge in [0.2, 0.25) is 0 Å². The van der Waals surface area contributed by atoms with Crippen LogP contribution in [0.4, 0.5) is 0 Å². The van der Waals surface area contributed by atoms with Crippen molar-refractivity contribution in [3.63, 3.8) is 0 Å². The lowest BCUT2D eigenvalue weighted by Gasteiger charge is -2.25. The predicted octanol–water partition coefficient (Wildman–Crippen LogP) is 2.41. The summed E-state index contributed by atoms with van der Waals surface area (Å²) in [7, 11) is 2.16. The van der Waals surface area contributed by atoms with Crippen LogP contribution in [0.2, 0.25) is 0 Å². The summed E-state index contributed by atoms with van der Waals surface area (Å²) in [6.45, 7) is 9.29. The number of aliphatic imine (C=N–C) groups is 1. The largest absolute Gasteiger partial charge is 0.381 e. The van der Waals surface area contributed by atoms with Crippen molar-refractivity contribution in [1.82, 2.24) is 15.1 Å². The van der Waals surface area contributed by atoms with Gasteiger partial charge in [-0.2, -0.15) is 0 Å². The highest BCUT2D eigenvalue weighted by Gasteiger charge is 2.33. The topological polar surface area (TPSA) is 40.1 Å². The Hall–Kier alpha value is -0.0800. The molecule has 24 heavy (non-hydrogen) atoms. The molecule has 3 fully saturated rings. The minimum atomic E-state index is 0. The fourth-order valence-electron chi connectivity index (χ4n) is 3.45. The number of halogens is 1. The summed E-state index contributed by atoms with van der Waals surface area (Å²) in [5.41, 5.74) is 0.